The monoisotopic (exact) mass is 226 g/mol. The SMILES string of the molecule is CCCC(C)N(C)C1CCCC(C)(C)C1N. The lowest BCUT2D eigenvalue weighted by molar-refractivity contribution is 0.0600. The molecule has 0 aromatic rings. The molecule has 1 saturated carbocycles. The summed E-state index contributed by atoms with van der Waals surface area (Å²) in [5, 5.41) is 0. The third-order valence-corrected chi connectivity index (χ3v) is 4.56. The van der Waals surface area contributed by atoms with Crippen molar-refractivity contribution in [2.75, 3.05) is 7.05 Å². The van der Waals surface area contributed by atoms with E-state index in [1.54, 1.807) is 0 Å². The standard InChI is InChI=1S/C14H30N2/c1-6-8-11(2)16(5)12-9-7-10-14(3,4)13(12)15/h11-13H,6-10,15H2,1-5H3. The van der Waals surface area contributed by atoms with Crippen LogP contribution in [0.1, 0.15) is 59.8 Å². The number of hydrogen-bond donors (Lipinski definition) is 1. The molecule has 0 aromatic heterocycles. The third-order valence-electron chi connectivity index (χ3n) is 4.56. The summed E-state index contributed by atoms with van der Waals surface area (Å²) in [7, 11) is 2.26. The molecule has 0 saturated heterocycles. The van der Waals surface area contributed by atoms with E-state index in [0.717, 1.165) is 0 Å². The van der Waals surface area contributed by atoms with Gasteiger partial charge in [-0.15, -0.1) is 0 Å². The third kappa shape index (κ3) is 2.98. The highest BCUT2D eigenvalue weighted by molar-refractivity contribution is 4.96. The zero-order valence-corrected chi connectivity index (χ0v) is 11.8. The second-order valence-electron chi connectivity index (χ2n) is 6.28. The van der Waals surface area contributed by atoms with Crippen molar-refractivity contribution in [1.82, 2.24) is 4.90 Å². The Kier molecular flexibility index (Phi) is 4.81. The van der Waals surface area contributed by atoms with Gasteiger partial charge in [-0.2, -0.15) is 0 Å². The topological polar surface area (TPSA) is 29.3 Å². The molecule has 0 spiro atoms. The summed E-state index contributed by atoms with van der Waals surface area (Å²) >= 11 is 0. The van der Waals surface area contributed by atoms with Crippen molar-refractivity contribution in [3.63, 3.8) is 0 Å². The van der Waals surface area contributed by atoms with Crippen molar-refractivity contribution >= 4 is 0 Å². The van der Waals surface area contributed by atoms with E-state index in [-0.39, 0.29) is 0 Å². The summed E-state index contributed by atoms with van der Waals surface area (Å²) in [6, 6.07) is 1.56. The molecular formula is C14H30N2. The van der Waals surface area contributed by atoms with Gasteiger partial charge in [0.05, 0.1) is 0 Å². The van der Waals surface area contributed by atoms with Crippen molar-refractivity contribution in [2.45, 2.75) is 77.9 Å². The minimum Gasteiger partial charge on any atom is -0.326 e. The van der Waals surface area contributed by atoms with Crippen molar-refractivity contribution in [2.24, 2.45) is 11.1 Å². The van der Waals surface area contributed by atoms with E-state index in [1.807, 2.05) is 0 Å². The summed E-state index contributed by atoms with van der Waals surface area (Å²) in [4.78, 5) is 2.52. The summed E-state index contributed by atoms with van der Waals surface area (Å²) in [5.41, 5.74) is 6.76. The zero-order chi connectivity index (χ0) is 12.3. The first-order chi connectivity index (χ1) is 7.40. The van der Waals surface area contributed by atoms with Crippen LogP contribution < -0.4 is 5.73 Å². The van der Waals surface area contributed by atoms with Gasteiger partial charge < -0.3 is 5.73 Å². The van der Waals surface area contributed by atoms with Crippen LogP contribution in [0.2, 0.25) is 0 Å². The number of nitrogens with two attached hydrogens (primary N) is 1. The molecule has 2 N–H and O–H groups in total. The molecule has 0 aliphatic heterocycles. The first-order valence-electron chi connectivity index (χ1n) is 6.87. The van der Waals surface area contributed by atoms with Gasteiger partial charge in [-0.25, -0.2) is 0 Å². The summed E-state index contributed by atoms with van der Waals surface area (Å²) < 4.78 is 0. The lowest BCUT2D eigenvalue weighted by atomic mass is 9.70. The Morgan fingerprint density at radius 3 is 2.62 bits per heavy atom. The van der Waals surface area contributed by atoms with E-state index in [1.165, 1.54) is 32.1 Å². The van der Waals surface area contributed by atoms with Crippen LogP contribution in [0.15, 0.2) is 0 Å². The lowest BCUT2D eigenvalue weighted by Gasteiger charge is -2.47. The highest BCUT2D eigenvalue weighted by Gasteiger charge is 2.38. The fraction of sp³-hybridized carbons (Fsp3) is 1.00. The van der Waals surface area contributed by atoms with Crippen LogP contribution in [-0.4, -0.2) is 30.1 Å². The molecule has 3 atom stereocenters. The molecule has 3 unspecified atom stereocenters. The summed E-state index contributed by atoms with van der Waals surface area (Å²) in [5.74, 6) is 0. The van der Waals surface area contributed by atoms with Crippen LogP contribution in [-0.2, 0) is 0 Å². The Hall–Kier alpha value is -0.0800. The van der Waals surface area contributed by atoms with Crippen LogP contribution in [0, 0.1) is 5.41 Å². The van der Waals surface area contributed by atoms with Gasteiger partial charge >= 0.3 is 0 Å². The smallest absolute Gasteiger partial charge is 0.0252 e. The van der Waals surface area contributed by atoms with Crippen molar-refractivity contribution in [3.05, 3.63) is 0 Å². The second kappa shape index (κ2) is 5.50. The maximum atomic E-state index is 6.45. The Labute approximate surface area is 102 Å². The van der Waals surface area contributed by atoms with Gasteiger partial charge in [-0.3, -0.25) is 4.90 Å². The van der Waals surface area contributed by atoms with E-state index >= 15 is 0 Å². The van der Waals surface area contributed by atoms with E-state index in [0.29, 0.717) is 23.5 Å². The highest BCUT2D eigenvalue weighted by Crippen LogP contribution is 2.36. The molecule has 0 bridgehead atoms. The quantitative estimate of drug-likeness (QED) is 0.798. The Bertz CT molecular complexity index is 213. The normalized spacial score (nSPS) is 31.7. The Morgan fingerprint density at radius 2 is 2.06 bits per heavy atom. The average Bonchev–Trinajstić information content (AvgIpc) is 2.21. The molecule has 1 aliphatic carbocycles. The van der Waals surface area contributed by atoms with Crippen LogP contribution in [0.5, 0.6) is 0 Å². The predicted molar refractivity (Wildman–Crippen MR) is 71.5 cm³/mol. The number of likely N-dealkylation sites (N-methyl/N-ethyl adjacent to an activating group) is 1. The predicted octanol–water partition coefficient (Wildman–Crippen LogP) is 3.01. The minimum absolute atomic E-state index is 0.309. The van der Waals surface area contributed by atoms with Crippen molar-refractivity contribution in [3.8, 4) is 0 Å². The zero-order valence-electron chi connectivity index (χ0n) is 11.8. The van der Waals surface area contributed by atoms with Gasteiger partial charge in [0.25, 0.3) is 0 Å². The van der Waals surface area contributed by atoms with Gasteiger partial charge in [-0.1, -0.05) is 33.6 Å². The molecule has 1 fully saturated rings. The van der Waals surface area contributed by atoms with Crippen LogP contribution in [0.25, 0.3) is 0 Å². The van der Waals surface area contributed by atoms with E-state index in [2.05, 4.69) is 39.6 Å². The maximum absolute atomic E-state index is 6.45. The van der Waals surface area contributed by atoms with Crippen molar-refractivity contribution < 1.29 is 0 Å². The summed E-state index contributed by atoms with van der Waals surface area (Å²) in [6.07, 6.45) is 6.42. The molecule has 0 radical (unpaired) electrons. The van der Waals surface area contributed by atoms with E-state index in [9.17, 15) is 0 Å². The molecule has 2 nitrogen and oxygen atoms in total. The van der Waals surface area contributed by atoms with Gasteiger partial charge in [-0.05, 0) is 38.6 Å². The fourth-order valence-electron chi connectivity index (χ4n) is 3.04. The molecular weight excluding hydrogens is 196 g/mol. The molecule has 16 heavy (non-hydrogen) atoms. The minimum atomic E-state index is 0.309. The Morgan fingerprint density at radius 1 is 1.44 bits per heavy atom. The molecule has 1 aliphatic rings. The maximum Gasteiger partial charge on any atom is 0.0252 e. The molecule has 0 aromatic carbocycles. The van der Waals surface area contributed by atoms with E-state index in [4.69, 9.17) is 5.73 Å². The van der Waals surface area contributed by atoms with Gasteiger partial charge in [0, 0.05) is 18.1 Å². The number of rotatable bonds is 4. The van der Waals surface area contributed by atoms with Crippen LogP contribution in [0.4, 0.5) is 0 Å². The van der Waals surface area contributed by atoms with E-state index < -0.39 is 0 Å². The first kappa shape index (κ1) is 14.0. The average molecular weight is 226 g/mol. The fourth-order valence-corrected chi connectivity index (χ4v) is 3.04. The molecule has 1 rings (SSSR count). The van der Waals surface area contributed by atoms with Gasteiger partial charge in [0.1, 0.15) is 0 Å². The molecule has 96 valence electrons. The number of nitrogens with zero attached hydrogens (tertiary/aromatic N) is 1. The Balaban J connectivity index is 2.64. The van der Waals surface area contributed by atoms with Gasteiger partial charge in [0.2, 0.25) is 0 Å². The van der Waals surface area contributed by atoms with Gasteiger partial charge in [0.15, 0.2) is 0 Å². The number of hydrogen-bond acceptors (Lipinski definition) is 2. The first-order valence-corrected chi connectivity index (χ1v) is 6.87. The molecule has 2 heteroatoms. The highest BCUT2D eigenvalue weighted by atomic mass is 15.2. The summed E-state index contributed by atoms with van der Waals surface area (Å²) in [6.45, 7) is 9.23. The molecule has 0 amide bonds. The van der Waals surface area contributed by atoms with Crippen LogP contribution >= 0.6 is 0 Å². The second-order valence-corrected chi connectivity index (χ2v) is 6.28. The molecule has 0 heterocycles. The van der Waals surface area contributed by atoms with Crippen molar-refractivity contribution in [1.29, 1.82) is 0 Å². The van der Waals surface area contributed by atoms with Crippen LogP contribution in [0.3, 0.4) is 0 Å². The largest absolute Gasteiger partial charge is 0.326 e. The lowest BCUT2D eigenvalue weighted by Crippen LogP contribution is -2.57.